The van der Waals surface area contributed by atoms with Crippen LogP contribution in [0.5, 0.6) is 0 Å². The SMILES string of the molecule is CC(=O)c1ccccc1.CC(C)CC(CN)CC(=O)O.CC(C)C[C@H](CN)CC(=O)O.CC(C)C[C@H](CN)CC(=O)O.Cl.O=C(O)[C@H](OCc1ccccc1)[C@@H](OCc1ccccc1)C(=O)O.O=C(O)[C@H](OCc1ccccc1)[C@@H](OCc1ccccc1)C(=O)O.[Na+].[OH-]. The maximum atomic E-state index is 11.4. The van der Waals surface area contributed by atoms with Gasteiger partial charge in [0.25, 0.3) is 0 Å². The second-order valence-electron chi connectivity index (χ2n) is 22.1. The smallest absolute Gasteiger partial charge is 0.870 e. The van der Waals surface area contributed by atoms with Crippen LogP contribution in [0.3, 0.4) is 0 Å². The van der Waals surface area contributed by atoms with Crippen molar-refractivity contribution in [1.29, 1.82) is 0 Å². The van der Waals surface area contributed by atoms with Gasteiger partial charge in [-0.05, 0) is 104 Å². The molecule has 25 heteroatoms. The Hall–Kier alpha value is -6.97. The molecular formula is C68H97ClN3NaO20. The first-order valence-electron chi connectivity index (χ1n) is 29.5. The molecule has 0 amide bonds. The van der Waals surface area contributed by atoms with Crippen molar-refractivity contribution < 1.29 is 128 Å². The van der Waals surface area contributed by atoms with E-state index in [4.69, 9.17) is 51.5 Å². The van der Waals surface area contributed by atoms with Crippen LogP contribution in [0.4, 0.5) is 0 Å². The number of rotatable bonds is 34. The first-order valence-corrected chi connectivity index (χ1v) is 29.5. The zero-order chi connectivity index (χ0) is 68.0. The average Bonchev–Trinajstić information content (AvgIpc) is 1.22. The maximum Gasteiger partial charge on any atom is 1.00 e. The average molecular weight is 1330 g/mol. The summed E-state index contributed by atoms with van der Waals surface area (Å²) in [6, 6.07) is 44.9. The van der Waals surface area contributed by atoms with Crippen LogP contribution in [-0.4, -0.2) is 133 Å². The number of carbonyl (C=O) groups is 8. The maximum absolute atomic E-state index is 11.4. The summed E-state index contributed by atoms with van der Waals surface area (Å²) in [5, 5.41) is 62.6. The monoisotopic (exact) mass is 1330 g/mol. The molecule has 5 aromatic rings. The third kappa shape index (κ3) is 47.6. The number of ketones is 1. The van der Waals surface area contributed by atoms with Crippen molar-refractivity contribution in [2.75, 3.05) is 19.6 Å². The first-order chi connectivity index (χ1) is 42.6. The number of aliphatic carboxylic acids is 7. The number of carboxylic acid groups (broad SMARTS) is 7. The fourth-order valence-corrected chi connectivity index (χ4v) is 8.40. The largest absolute Gasteiger partial charge is 1.00 e. The molecular weight excluding hydrogens is 1240 g/mol. The van der Waals surface area contributed by atoms with Gasteiger partial charge in [0, 0.05) is 24.8 Å². The van der Waals surface area contributed by atoms with E-state index in [2.05, 4.69) is 41.5 Å². The Morgan fingerprint density at radius 2 is 0.538 bits per heavy atom. The number of hydrogen-bond donors (Lipinski definition) is 10. The van der Waals surface area contributed by atoms with Crippen LogP contribution in [0.2, 0.25) is 0 Å². The van der Waals surface area contributed by atoms with Crippen LogP contribution in [-0.2, 0) is 78.9 Å². The Balaban J connectivity index is -0.000000533. The van der Waals surface area contributed by atoms with Crippen LogP contribution in [0.1, 0.15) is 120 Å². The summed E-state index contributed by atoms with van der Waals surface area (Å²) in [6.07, 6.45) is -3.09. The van der Waals surface area contributed by atoms with E-state index in [9.17, 15) is 58.8 Å². The van der Waals surface area contributed by atoms with Crippen molar-refractivity contribution in [3.63, 3.8) is 0 Å². The van der Waals surface area contributed by atoms with Gasteiger partial charge in [0.15, 0.2) is 30.2 Å². The molecule has 5 rings (SSSR count). The summed E-state index contributed by atoms with van der Waals surface area (Å²) < 4.78 is 21.2. The van der Waals surface area contributed by atoms with Crippen LogP contribution < -0.4 is 46.8 Å². The normalized spacial score (nSPS) is 12.4. The van der Waals surface area contributed by atoms with E-state index < -0.39 is 66.2 Å². The summed E-state index contributed by atoms with van der Waals surface area (Å²) in [7, 11) is 0. The molecule has 0 heterocycles. The number of ether oxygens (including phenoxy) is 4. The van der Waals surface area contributed by atoms with E-state index in [-0.39, 0.29) is 117 Å². The number of halogens is 1. The zero-order valence-corrected chi connectivity index (χ0v) is 57.3. The zero-order valence-electron chi connectivity index (χ0n) is 54.5. The summed E-state index contributed by atoms with van der Waals surface area (Å²) in [4.78, 5) is 87.2. The van der Waals surface area contributed by atoms with Gasteiger partial charge in [0.1, 0.15) is 0 Å². The van der Waals surface area contributed by atoms with Crippen molar-refractivity contribution in [1.82, 2.24) is 0 Å². The van der Waals surface area contributed by atoms with Crippen molar-refractivity contribution in [2.45, 2.75) is 138 Å². The Morgan fingerprint density at radius 3 is 0.667 bits per heavy atom. The Kier molecular flexibility index (Phi) is 55.1. The minimum atomic E-state index is -1.61. The van der Waals surface area contributed by atoms with Crippen molar-refractivity contribution in [2.24, 2.45) is 52.7 Å². The molecule has 0 fully saturated rings. The quantitative estimate of drug-likeness (QED) is 0.0146. The predicted molar refractivity (Wildman–Crippen MR) is 349 cm³/mol. The third-order valence-electron chi connectivity index (χ3n) is 12.6. The molecule has 512 valence electrons. The third-order valence-corrected chi connectivity index (χ3v) is 12.6. The Labute approximate surface area is 574 Å². The van der Waals surface area contributed by atoms with Gasteiger partial charge in [-0.1, -0.05) is 193 Å². The van der Waals surface area contributed by atoms with E-state index in [1.54, 1.807) is 104 Å². The van der Waals surface area contributed by atoms with E-state index in [1.165, 1.54) is 0 Å². The number of Topliss-reactive ketones (excluding diaryl/α,β-unsaturated/α-hetero) is 1. The van der Waals surface area contributed by atoms with Gasteiger partial charge < -0.3 is 77.4 Å². The Morgan fingerprint density at radius 1 is 0.355 bits per heavy atom. The molecule has 0 radical (unpaired) electrons. The molecule has 14 N–H and O–H groups in total. The molecule has 0 aliphatic carbocycles. The molecule has 5 aromatic carbocycles. The molecule has 23 nitrogen and oxygen atoms in total. The van der Waals surface area contributed by atoms with Crippen molar-refractivity contribution in [3.05, 3.63) is 179 Å². The van der Waals surface area contributed by atoms with Gasteiger partial charge in [-0.15, -0.1) is 12.4 Å². The predicted octanol–water partition coefficient (Wildman–Crippen LogP) is 7.04. The summed E-state index contributed by atoms with van der Waals surface area (Å²) >= 11 is 0. The second kappa shape index (κ2) is 55.5. The van der Waals surface area contributed by atoms with E-state index >= 15 is 0 Å². The molecule has 0 spiro atoms. The molecule has 7 atom stereocenters. The molecule has 0 bridgehead atoms. The molecule has 0 saturated heterocycles. The molecule has 1 unspecified atom stereocenters. The summed E-state index contributed by atoms with van der Waals surface area (Å²) in [5.41, 5.74) is 20.0. The van der Waals surface area contributed by atoms with E-state index in [1.807, 2.05) is 54.6 Å². The first kappa shape index (κ1) is 92.4. The van der Waals surface area contributed by atoms with Crippen molar-refractivity contribution >= 4 is 60.0 Å². The number of hydrogen-bond acceptors (Lipinski definition) is 16. The van der Waals surface area contributed by atoms with Crippen LogP contribution in [0, 0.1) is 35.5 Å². The minimum absolute atomic E-state index is 0. The van der Waals surface area contributed by atoms with E-state index in [0.29, 0.717) is 37.4 Å². The minimum Gasteiger partial charge on any atom is -0.870 e. The Bertz CT molecular complexity index is 2470. The van der Waals surface area contributed by atoms with Crippen LogP contribution in [0.15, 0.2) is 152 Å². The number of benzene rings is 5. The van der Waals surface area contributed by atoms with Gasteiger partial charge in [-0.3, -0.25) is 19.2 Å². The number of carboxylic acids is 7. The van der Waals surface area contributed by atoms with Gasteiger partial charge in [0.05, 0.1) is 26.4 Å². The van der Waals surface area contributed by atoms with Gasteiger partial charge >= 0.3 is 71.3 Å². The molecule has 93 heavy (non-hydrogen) atoms. The standard InChI is InChI=1S/2C18H18O6.3C8H17NO2.C8H8O.ClH.Na.H2O/c2*19-17(20)15(23-11-13-7-3-1-4-8-13)16(18(21)22)24-12-14-9-5-2-6-10-14;3*1-6(2)3-7(5-9)4-8(10)11;1-7(9)8-5-3-2-4-6-8;;;/h2*1-10,15-16H,11-12H2,(H,19,20)(H,21,22);3*6-7H,3-5,9H2,1-2H3,(H,10,11);2-6H,1H3;1H;;1H2/q;;;;;;;+1;/p-1/t2*15-,16-;2*7-;;;;;/m1100...../s1. The van der Waals surface area contributed by atoms with Gasteiger partial charge in [-0.25, -0.2) is 19.2 Å². The second-order valence-corrected chi connectivity index (χ2v) is 22.1. The fraction of sp³-hybridized carbons (Fsp3) is 0.441. The summed E-state index contributed by atoms with van der Waals surface area (Å²) in [6.45, 7) is 15.4. The van der Waals surface area contributed by atoms with E-state index in [0.717, 1.165) is 47.1 Å². The molecule has 0 aromatic heterocycles. The van der Waals surface area contributed by atoms with Crippen LogP contribution >= 0.6 is 12.4 Å². The number of carbonyl (C=O) groups excluding carboxylic acids is 1. The fourth-order valence-electron chi connectivity index (χ4n) is 8.40. The van der Waals surface area contributed by atoms with Crippen molar-refractivity contribution in [3.8, 4) is 0 Å². The van der Waals surface area contributed by atoms with Gasteiger partial charge in [0.2, 0.25) is 0 Å². The van der Waals surface area contributed by atoms with Gasteiger partial charge in [-0.2, -0.15) is 0 Å². The molecule has 0 saturated carbocycles. The van der Waals surface area contributed by atoms with Crippen LogP contribution in [0.25, 0.3) is 0 Å². The molecule has 0 aliphatic rings. The summed E-state index contributed by atoms with van der Waals surface area (Å²) in [5.74, 6) is -5.63. The number of nitrogens with two attached hydrogens (primary N) is 3. The molecule has 0 aliphatic heterocycles. The topological polar surface area (TPSA) is 423 Å².